The number of rotatable bonds is 3. The first-order chi connectivity index (χ1) is 6.16. The van der Waals surface area contributed by atoms with Crippen molar-refractivity contribution in [1.29, 1.82) is 0 Å². The molecule has 5 heteroatoms. The van der Waals surface area contributed by atoms with Crippen molar-refractivity contribution in [2.24, 2.45) is 0 Å². The SMILES string of the molecule is COCCC1NCC(O)C(O)C1O. The van der Waals surface area contributed by atoms with Crippen LogP contribution in [0.2, 0.25) is 0 Å². The second-order valence-corrected chi connectivity index (χ2v) is 3.34. The molecule has 0 aromatic rings. The highest BCUT2D eigenvalue weighted by molar-refractivity contribution is 4.91. The highest BCUT2D eigenvalue weighted by Crippen LogP contribution is 2.12. The molecule has 0 aliphatic carbocycles. The Morgan fingerprint density at radius 1 is 1.31 bits per heavy atom. The molecule has 1 aliphatic rings. The van der Waals surface area contributed by atoms with Crippen molar-refractivity contribution in [1.82, 2.24) is 5.32 Å². The highest BCUT2D eigenvalue weighted by atomic mass is 16.5. The summed E-state index contributed by atoms with van der Waals surface area (Å²) in [7, 11) is 1.58. The fourth-order valence-electron chi connectivity index (χ4n) is 1.50. The van der Waals surface area contributed by atoms with Crippen LogP contribution in [-0.4, -0.2) is 59.9 Å². The van der Waals surface area contributed by atoms with Crippen molar-refractivity contribution in [3.05, 3.63) is 0 Å². The average Bonchev–Trinajstić information content (AvgIpc) is 2.13. The van der Waals surface area contributed by atoms with Gasteiger partial charge >= 0.3 is 0 Å². The van der Waals surface area contributed by atoms with Gasteiger partial charge in [0.15, 0.2) is 0 Å². The maximum absolute atomic E-state index is 9.51. The van der Waals surface area contributed by atoms with E-state index in [0.717, 1.165) is 0 Å². The van der Waals surface area contributed by atoms with Gasteiger partial charge in [0.05, 0.1) is 12.2 Å². The van der Waals surface area contributed by atoms with Crippen LogP contribution in [0.15, 0.2) is 0 Å². The second-order valence-electron chi connectivity index (χ2n) is 3.34. The molecule has 0 radical (unpaired) electrons. The van der Waals surface area contributed by atoms with Gasteiger partial charge in [0.25, 0.3) is 0 Å². The zero-order valence-corrected chi connectivity index (χ0v) is 7.68. The summed E-state index contributed by atoms with van der Waals surface area (Å²) in [6, 6.07) is -0.196. The van der Waals surface area contributed by atoms with Crippen LogP contribution in [0.5, 0.6) is 0 Å². The molecule has 5 nitrogen and oxygen atoms in total. The number of hydrogen-bond donors (Lipinski definition) is 4. The summed E-state index contributed by atoms with van der Waals surface area (Å²) in [5.74, 6) is 0. The van der Waals surface area contributed by atoms with Gasteiger partial charge in [0, 0.05) is 26.3 Å². The number of ether oxygens (including phenoxy) is 1. The van der Waals surface area contributed by atoms with Crippen molar-refractivity contribution in [3.63, 3.8) is 0 Å². The molecule has 4 N–H and O–H groups in total. The third-order valence-corrected chi connectivity index (χ3v) is 2.38. The van der Waals surface area contributed by atoms with E-state index in [9.17, 15) is 15.3 Å². The first kappa shape index (κ1) is 10.9. The first-order valence-electron chi connectivity index (χ1n) is 4.43. The summed E-state index contributed by atoms with van der Waals surface area (Å²) in [6.07, 6.45) is -2.22. The van der Waals surface area contributed by atoms with E-state index < -0.39 is 18.3 Å². The van der Waals surface area contributed by atoms with Crippen LogP contribution in [-0.2, 0) is 4.74 Å². The molecule has 0 amide bonds. The Balaban J connectivity index is 2.39. The summed E-state index contributed by atoms with van der Waals surface area (Å²) in [4.78, 5) is 0. The van der Waals surface area contributed by atoms with Gasteiger partial charge in [-0.3, -0.25) is 0 Å². The normalized spacial score (nSPS) is 40.6. The van der Waals surface area contributed by atoms with Crippen LogP contribution in [0.3, 0.4) is 0 Å². The van der Waals surface area contributed by atoms with E-state index in [0.29, 0.717) is 19.6 Å². The Bertz CT molecular complexity index is 153. The minimum absolute atomic E-state index is 0.196. The molecule has 0 spiro atoms. The molecule has 0 bridgehead atoms. The lowest BCUT2D eigenvalue weighted by atomic mass is 9.94. The van der Waals surface area contributed by atoms with Crippen molar-refractivity contribution < 1.29 is 20.1 Å². The van der Waals surface area contributed by atoms with Gasteiger partial charge in [0.2, 0.25) is 0 Å². The molecule has 1 saturated heterocycles. The van der Waals surface area contributed by atoms with Crippen molar-refractivity contribution in [3.8, 4) is 0 Å². The van der Waals surface area contributed by atoms with E-state index in [1.165, 1.54) is 0 Å². The molecular formula is C8H17NO4. The number of methoxy groups -OCH3 is 1. The average molecular weight is 191 g/mol. The standard InChI is InChI=1S/C8H17NO4/c1-13-3-2-5-7(11)8(12)6(10)4-9-5/h5-12H,2-4H2,1H3. The van der Waals surface area contributed by atoms with Gasteiger partial charge in [-0.05, 0) is 6.42 Å². The molecule has 4 atom stereocenters. The second kappa shape index (κ2) is 4.88. The van der Waals surface area contributed by atoms with Crippen LogP contribution in [0, 0.1) is 0 Å². The zero-order chi connectivity index (χ0) is 9.84. The van der Waals surface area contributed by atoms with E-state index in [1.807, 2.05) is 0 Å². The maximum atomic E-state index is 9.51. The minimum atomic E-state index is -1.05. The van der Waals surface area contributed by atoms with E-state index in [2.05, 4.69) is 5.32 Å². The van der Waals surface area contributed by atoms with Gasteiger partial charge in [-0.15, -0.1) is 0 Å². The molecular weight excluding hydrogens is 174 g/mol. The van der Waals surface area contributed by atoms with E-state index in [4.69, 9.17) is 4.74 Å². The van der Waals surface area contributed by atoms with Gasteiger partial charge in [-0.1, -0.05) is 0 Å². The molecule has 1 aliphatic heterocycles. The first-order valence-corrected chi connectivity index (χ1v) is 4.43. The van der Waals surface area contributed by atoms with Crippen LogP contribution in [0.1, 0.15) is 6.42 Å². The highest BCUT2D eigenvalue weighted by Gasteiger charge is 2.35. The number of hydrogen-bond acceptors (Lipinski definition) is 5. The topological polar surface area (TPSA) is 82.0 Å². The van der Waals surface area contributed by atoms with Gasteiger partial charge in [-0.25, -0.2) is 0 Å². The number of β-amino-alcohol motifs (C(OH)–C–C–N with tert-alkyl or cyclic N) is 1. The Morgan fingerprint density at radius 3 is 2.62 bits per heavy atom. The van der Waals surface area contributed by atoms with Gasteiger partial charge < -0.3 is 25.4 Å². The number of aliphatic hydroxyl groups is 3. The summed E-state index contributed by atoms with van der Waals surface area (Å²) < 4.78 is 4.86. The fraction of sp³-hybridized carbons (Fsp3) is 1.00. The van der Waals surface area contributed by atoms with Gasteiger partial charge in [0.1, 0.15) is 6.10 Å². The quantitative estimate of drug-likeness (QED) is 0.418. The summed E-state index contributed by atoms with van der Waals surface area (Å²) >= 11 is 0. The third kappa shape index (κ3) is 2.62. The lowest BCUT2D eigenvalue weighted by Gasteiger charge is -2.36. The Labute approximate surface area is 77.3 Å². The molecule has 13 heavy (non-hydrogen) atoms. The summed E-state index contributed by atoms with van der Waals surface area (Å²) in [5, 5.41) is 31.0. The Morgan fingerprint density at radius 2 is 2.00 bits per heavy atom. The van der Waals surface area contributed by atoms with Gasteiger partial charge in [-0.2, -0.15) is 0 Å². The fourth-order valence-corrected chi connectivity index (χ4v) is 1.50. The van der Waals surface area contributed by atoms with Crippen molar-refractivity contribution in [2.75, 3.05) is 20.3 Å². The molecule has 0 aromatic heterocycles. The largest absolute Gasteiger partial charge is 0.389 e. The lowest BCUT2D eigenvalue weighted by molar-refractivity contribution is -0.0970. The van der Waals surface area contributed by atoms with Crippen LogP contribution >= 0.6 is 0 Å². The maximum Gasteiger partial charge on any atom is 0.108 e. The molecule has 1 rings (SSSR count). The number of aliphatic hydroxyl groups excluding tert-OH is 3. The third-order valence-electron chi connectivity index (χ3n) is 2.38. The predicted molar refractivity (Wildman–Crippen MR) is 46.3 cm³/mol. The molecule has 0 saturated carbocycles. The monoisotopic (exact) mass is 191 g/mol. The smallest absolute Gasteiger partial charge is 0.108 e. The van der Waals surface area contributed by atoms with Crippen LogP contribution in [0.4, 0.5) is 0 Å². The van der Waals surface area contributed by atoms with E-state index in [-0.39, 0.29) is 6.04 Å². The van der Waals surface area contributed by atoms with E-state index >= 15 is 0 Å². The minimum Gasteiger partial charge on any atom is -0.389 e. The zero-order valence-electron chi connectivity index (χ0n) is 7.68. The molecule has 1 fully saturated rings. The van der Waals surface area contributed by atoms with Crippen molar-refractivity contribution in [2.45, 2.75) is 30.8 Å². The summed E-state index contributed by atoms with van der Waals surface area (Å²) in [6.45, 7) is 0.837. The number of nitrogens with one attached hydrogen (secondary N) is 1. The molecule has 0 aromatic carbocycles. The van der Waals surface area contributed by atoms with Crippen molar-refractivity contribution >= 4 is 0 Å². The predicted octanol–water partition coefficient (Wildman–Crippen LogP) is -1.92. The molecule has 1 heterocycles. The van der Waals surface area contributed by atoms with E-state index in [1.54, 1.807) is 7.11 Å². The summed E-state index contributed by atoms with van der Waals surface area (Å²) in [5.41, 5.74) is 0. The molecule has 78 valence electrons. The van der Waals surface area contributed by atoms with Crippen LogP contribution in [0.25, 0.3) is 0 Å². The molecule has 4 unspecified atom stereocenters. The number of piperidine rings is 1. The lowest BCUT2D eigenvalue weighted by Crippen LogP contribution is -2.59. The van der Waals surface area contributed by atoms with Crippen LogP contribution < -0.4 is 5.32 Å². The Kier molecular flexibility index (Phi) is 4.08. The Hall–Kier alpha value is -0.200.